The van der Waals surface area contributed by atoms with Gasteiger partial charge in [0.05, 0.1) is 5.71 Å². The predicted octanol–water partition coefficient (Wildman–Crippen LogP) is 5.83. The Morgan fingerprint density at radius 1 is 0.867 bits per heavy atom. The minimum Gasteiger partial charge on any atom is -0.480 e. The van der Waals surface area contributed by atoms with Crippen molar-refractivity contribution in [3.05, 3.63) is 102 Å². The molecule has 154 valence electrons. The maximum absolute atomic E-state index is 12.5. The molecule has 0 heterocycles. The van der Waals surface area contributed by atoms with Gasteiger partial charge in [-0.2, -0.15) is 13.2 Å². The molecule has 0 aromatic heterocycles. The molecule has 0 bridgehead atoms. The van der Waals surface area contributed by atoms with E-state index in [1.54, 1.807) is 0 Å². The summed E-state index contributed by atoms with van der Waals surface area (Å²) in [5, 5.41) is 9.72. The summed E-state index contributed by atoms with van der Waals surface area (Å²) < 4.78 is 37.5. The van der Waals surface area contributed by atoms with Gasteiger partial charge in [-0.3, -0.25) is 4.99 Å². The first-order chi connectivity index (χ1) is 14.3. The molecule has 7 heteroatoms. The van der Waals surface area contributed by atoms with Crippen molar-refractivity contribution in [2.45, 2.75) is 22.9 Å². The molecule has 0 spiro atoms. The number of thioether (sulfide) groups is 1. The lowest BCUT2D eigenvalue weighted by atomic mass is 10.0. The number of aliphatic imine (C=N–C) groups is 1. The highest BCUT2D eigenvalue weighted by Gasteiger charge is 2.29. The minimum atomic E-state index is -4.37. The number of hydrogen-bond acceptors (Lipinski definition) is 3. The molecule has 3 aromatic carbocycles. The molecule has 0 radical (unpaired) electrons. The molecule has 0 fully saturated rings. The quantitative estimate of drug-likeness (QED) is 0.380. The van der Waals surface area contributed by atoms with E-state index in [1.807, 2.05) is 60.7 Å². The normalized spacial score (nSPS) is 12.2. The Morgan fingerprint density at radius 2 is 1.37 bits per heavy atom. The lowest BCUT2D eigenvalue weighted by Gasteiger charge is -2.13. The van der Waals surface area contributed by atoms with E-state index in [4.69, 9.17) is 0 Å². The first-order valence-corrected chi connectivity index (χ1v) is 9.89. The summed E-state index contributed by atoms with van der Waals surface area (Å²) in [6.07, 6.45) is 0.0649. The predicted molar refractivity (Wildman–Crippen MR) is 112 cm³/mol. The monoisotopic (exact) mass is 429 g/mol. The van der Waals surface area contributed by atoms with E-state index >= 15 is 0 Å². The topological polar surface area (TPSA) is 49.7 Å². The number of rotatable bonds is 7. The number of alkyl halides is 3. The number of halogens is 3. The van der Waals surface area contributed by atoms with Crippen LogP contribution >= 0.6 is 11.8 Å². The third-order valence-electron chi connectivity index (χ3n) is 4.25. The molecule has 30 heavy (non-hydrogen) atoms. The molecule has 3 rings (SSSR count). The number of carboxylic acid groups (broad SMARTS) is 1. The van der Waals surface area contributed by atoms with Gasteiger partial charge in [0.2, 0.25) is 0 Å². The Kier molecular flexibility index (Phi) is 6.95. The van der Waals surface area contributed by atoms with Gasteiger partial charge in [-0.15, -0.1) is 0 Å². The number of aliphatic carboxylic acids is 1. The van der Waals surface area contributed by atoms with Crippen molar-refractivity contribution in [3.63, 3.8) is 0 Å². The smallest absolute Gasteiger partial charge is 0.446 e. The summed E-state index contributed by atoms with van der Waals surface area (Å²) in [5.74, 6) is -1.10. The maximum atomic E-state index is 12.5. The molecule has 1 N–H and O–H groups in total. The number of carbonyl (C=O) groups is 1. The van der Waals surface area contributed by atoms with Gasteiger partial charge in [-0.25, -0.2) is 4.79 Å². The van der Waals surface area contributed by atoms with Crippen molar-refractivity contribution < 1.29 is 23.1 Å². The Morgan fingerprint density at radius 3 is 1.80 bits per heavy atom. The van der Waals surface area contributed by atoms with Crippen LogP contribution in [-0.2, 0) is 11.2 Å². The summed E-state index contributed by atoms with van der Waals surface area (Å²) in [6.45, 7) is 0. The summed E-state index contributed by atoms with van der Waals surface area (Å²) in [7, 11) is 0. The number of benzene rings is 3. The van der Waals surface area contributed by atoms with E-state index < -0.39 is 17.5 Å². The summed E-state index contributed by atoms with van der Waals surface area (Å²) in [4.78, 5) is 16.5. The summed E-state index contributed by atoms with van der Waals surface area (Å²) in [6, 6.07) is 23.1. The van der Waals surface area contributed by atoms with Gasteiger partial charge in [-0.05, 0) is 29.5 Å². The van der Waals surface area contributed by atoms with Gasteiger partial charge in [0.15, 0.2) is 6.04 Å². The zero-order chi connectivity index (χ0) is 21.6. The molecule has 1 atom stereocenters. The molecule has 0 saturated heterocycles. The highest BCUT2D eigenvalue weighted by molar-refractivity contribution is 8.00. The van der Waals surface area contributed by atoms with Crippen LogP contribution in [0.25, 0.3) is 0 Å². The van der Waals surface area contributed by atoms with E-state index in [9.17, 15) is 23.1 Å². The number of hydrogen-bond donors (Lipinski definition) is 1. The van der Waals surface area contributed by atoms with Crippen molar-refractivity contribution >= 4 is 23.4 Å². The van der Waals surface area contributed by atoms with E-state index in [1.165, 1.54) is 24.3 Å². The van der Waals surface area contributed by atoms with Crippen LogP contribution in [0, 0.1) is 0 Å². The Bertz CT molecular complexity index is 963. The molecule has 3 aromatic rings. The minimum absolute atomic E-state index is 0.0517. The Balaban J connectivity index is 1.90. The van der Waals surface area contributed by atoms with Gasteiger partial charge in [-0.1, -0.05) is 72.8 Å². The van der Waals surface area contributed by atoms with Gasteiger partial charge in [0.1, 0.15) is 0 Å². The number of carboxylic acids is 1. The summed E-state index contributed by atoms with van der Waals surface area (Å²) in [5.41, 5.74) is -1.65. The molecule has 0 amide bonds. The molecule has 3 nitrogen and oxygen atoms in total. The zero-order valence-corrected chi connectivity index (χ0v) is 16.5. The van der Waals surface area contributed by atoms with E-state index in [0.717, 1.165) is 11.1 Å². The molecule has 0 saturated carbocycles. The second-order valence-electron chi connectivity index (χ2n) is 6.46. The molecular weight excluding hydrogens is 411 g/mol. The van der Waals surface area contributed by atoms with Crippen LogP contribution in [-0.4, -0.2) is 28.3 Å². The van der Waals surface area contributed by atoms with Crippen LogP contribution in [0.1, 0.15) is 16.7 Å². The van der Waals surface area contributed by atoms with E-state index in [-0.39, 0.29) is 23.1 Å². The maximum Gasteiger partial charge on any atom is 0.446 e. The largest absolute Gasteiger partial charge is 0.480 e. The van der Waals surface area contributed by atoms with Crippen molar-refractivity contribution in [3.8, 4) is 0 Å². The first-order valence-electron chi connectivity index (χ1n) is 9.08. The molecule has 0 aliphatic rings. The second-order valence-corrected chi connectivity index (χ2v) is 7.60. The second kappa shape index (κ2) is 9.63. The first kappa shape index (κ1) is 21.6. The third kappa shape index (κ3) is 6.22. The van der Waals surface area contributed by atoms with Gasteiger partial charge in [0.25, 0.3) is 0 Å². The highest BCUT2D eigenvalue weighted by atomic mass is 32.2. The van der Waals surface area contributed by atoms with Crippen molar-refractivity contribution in [2.24, 2.45) is 4.99 Å². The fraction of sp³-hybridized carbons (Fsp3) is 0.130. The fourth-order valence-electron chi connectivity index (χ4n) is 2.90. The molecule has 0 aliphatic heterocycles. The van der Waals surface area contributed by atoms with Crippen LogP contribution < -0.4 is 0 Å². The molecule has 0 aliphatic carbocycles. The lowest BCUT2D eigenvalue weighted by Crippen LogP contribution is -2.23. The average molecular weight is 429 g/mol. The lowest BCUT2D eigenvalue weighted by molar-refractivity contribution is -0.138. The van der Waals surface area contributed by atoms with Crippen LogP contribution in [0.2, 0.25) is 0 Å². The van der Waals surface area contributed by atoms with Gasteiger partial charge < -0.3 is 5.11 Å². The molecular formula is C23H18F3NO2S. The average Bonchev–Trinajstić information content (AvgIpc) is 2.72. The van der Waals surface area contributed by atoms with Crippen molar-refractivity contribution in [2.75, 3.05) is 0 Å². The Labute approximate surface area is 176 Å². The Hall–Kier alpha value is -3.06. The number of nitrogens with zero attached hydrogens (tertiary/aromatic N) is 1. The van der Waals surface area contributed by atoms with Crippen molar-refractivity contribution in [1.29, 1.82) is 0 Å². The van der Waals surface area contributed by atoms with Crippen LogP contribution in [0.3, 0.4) is 0 Å². The standard InChI is InChI=1S/C23H18F3NO2S/c24-23(25,26)30-19-13-11-16(12-14-19)15-20(22(28)29)27-21(17-7-3-1-4-8-17)18-9-5-2-6-10-18/h1-14,20H,15H2,(H,28,29)/t20-/m0/s1. The van der Waals surface area contributed by atoms with Gasteiger partial charge >= 0.3 is 11.5 Å². The third-order valence-corrected chi connectivity index (χ3v) is 4.99. The van der Waals surface area contributed by atoms with Crippen LogP contribution in [0.4, 0.5) is 13.2 Å². The highest BCUT2D eigenvalue weighted by Crippen LogP contribution is 2.36. The van der Waals surface area contributed by atoms with Crippen LogP contribution in [0.5, 0.6) is 0 Å². The van der Waals surface area contributed by atoms with Crippen molar-refractivity contribution in [1.82, 2.24) is 0 Å². The summed E-state index contributed by atoms with van der Waals surface area (Å²) >= 11 is -0.204. The van der Waals surface area contributed by atoms with E-state index in [2.05, 4.69) is 4.99 Å². The fourth-order valence-corrected chi connectivity index (χ4v) is 3.44. The zero-order valence-electron chi connectivity index (χ0n) is 15.7. The molecule has 0 unspecified atom stereocenters. The SMILES string of the molecule is O=C(O)[C@H](Cc1ccc(SC(F)(F)F)cc1)N=C(c1ccccc1)c1ccccc1. The van der Waals surface area contributed by atoms with Crippen LogP contribution in [0.15, 0.2) is 94.8 Å². The van der Waals surface area contributed by atoms with E-state index in [0.29, 0.717) is 11.3 Å². The van der Waals surface area contributed by atoms with Gasteiger partial charge in [0, 0.05) is 22.4 Å².